The van der Waals surface area contributed by atoms with Gasteiger partial charge in [-0.2, -0.15) is 0 Å². The molecule has 3 aromatic carbocycles. The zero-order valence-electron chi connectivity index (χ0n) is 16.2. The Labute approximate surface area is 165 Å². The summed E-state index contributed by atoms with van der Waals surface area (Å²) < 4.78 is 10.8. The first kappa shape index (κ1) is 18.4. The smallest absolute Gasteiger partial charge is 0.205 e. The third-order valence-corrected chi connectivity index (χ3v) is 5.37. The van der Waals surface area contributed by atoms with Crippen molar-refractivity contribution in [1.29, 1.82) is 0 Å². The third-order valence-electron chi connectivity index (χ3n) is 5.37. The molecule has 0 amide bonds. The van der Waals surface area contributed by atoms with E-state index in [4.69, 9.17) is 14.3 Å². The Bertz CT molecular complexity index is 964. The quantitative estimate of drug-likeness (QED) is 0.694. The van der Waals surface area contributed by atoms with Gasteiger partial charge in [-0.1, -0.05) is 30.3 Å². The Balaban J connectivity index is 1.49. The minimum Gasteiger partial charge on any atom is -0.508 e. The molecule has 0 atom stereocenters. The molecule has 0 bridgehead atoms. The van der Waals surface area contributed by atoms with Gasteiger partial charge in [0.1, 0.15) is 5.75 Å². The van der Waals surface area contributed by atoms with E-state index in [1.54, 1.807) is 14.2 Å². The maximum absolute atomic E-state index is 10.1. The summed E-state index contributed by atoms with van der Waals surface area (Å²) >= 11 is 0. The van der Waals surface area contributed by atoms with Gasteiger partial charge in [-0.3, -0.25) is 0 Å². The van der Waals surface area contributed by atoms with Crippen LogP contribution in [0.15, 0.2) is 54.6 Å². The lowest BCUT2D eigenvalue weighted by Gasteiger charge is -2.32. The molecule has 1 N–H and O–H groups in total. The summed E-state index contributed by atoms with van der Waals surface area (Å²) in [6.07, 6.45) is 1.92. The minimum atomic E-state index is 0.327. The van der Waals surface area contributed by atoms with Crippen molar-refractivity contribution < 1.29 is 19.4 Å². The lowest BCUT2D eigenvalue weighted by molar-refractivity contribution is -0.0772. The van der Waals surface area contributed by atoms with E-state index in [-0.39, 0.29) is 0 Å². The fourth-order valence-electron chi connectivity index (χ4n) is 3.99. The second-order valence-corrected chi connectivity index (χ2v) is 7.04. The molecule has 0 unspecified atom stereocenters. The molecule has 1 fully saturated rings. The van der Waals surface area contributed by atoms with E-state index in [9.17, 15) is 5.11 Å². The fraction of sp³-hybridized carbons (Fsp3) is 0.304. The molecule has 4 rings (SSSR count). The first-order valence-corrected chi connectivity index (χ1v) is 9.55. The molecular weight excluding hydrogens is 354 g/mol. The number of benzene rings is 3. The second-order valence-electron chi connectivity index (χ2n) is 7.04. The highest BCUT2D eigenvalue weighted by Crippen LogP contribution is 2.39. The molecule has 5 nitrogen and oxygen atoms in total. The van der Waals surface area contributed by atoms with E-state index in [0.29, 0.717) is 28.9 Å². The Morgan fingerprint density at radius 2 is 1.64 bits per heavy atom. The van der Waals surface area contributed by atoms with Crippen LogP contribution in [0.5, 0.6) is 23.0 Å². The number of rotatable bonds is 5. The third kappa shape index (κ3) is 3.58. The Morgan fingerprint density at radius 3 is 2.39 bits per heavy atom. The lowest BCUT2D eigenvalue weighted by Crippen LogP contribution is -2.35. The van der Waals surface area contributed by atoms with E-state index in [0.717, 1.165) is 31.3 Å². The number of fused-ring (bicyclic) bond motifs is 1. The Kier molecular flexibility index (Phi) is 5.26. The summed E-state index contributed by atoms with van der Waals surface area (Å²) in [7, 11) is 3.23. The summed E-state index contributed by atoms with van der Waals surface area (Å²) in [6, 6.07) is 17.6. The number of aromatic hydroxyl groups is 1. The second kappa shape index (κ2) is 7.98. The van der Waals surface area contributed by atoms with Crippen molar-refractivity contribution >= 4 is 10.8 Å². The standard InChI is InChI=1S/C23H25NO4/c1-26-21-8-5-9-22(23(21)27-2)28-24-12-10-16(11-13-24)20-15-18(25)14-17-6-3-4-7-19(17)20/h3-9,14-16,25H,10-13H2,1-2H3. The Hall–Kier alpha value is -2.92. The van der Waals surface area contributed by atoms with Crippen LogP contribution in [0.2, 0.25) is 0 Å². The molecule has 5 heteroatoms. The van der Waals surface area contributed by atoms with E-state index in [2.05, 4.69) is 12.1 Å². The Morgan fingerprint density at radius 1 is 0.893 bits per heavy atom. The van der Waals surface area contributed by atoms with Crippen LogP contribution in [0.3, 0.4) is 0 Å². The molecule has 0 saturated carbocycles. The van der Waals surface area contributed by atoms with Crippen LogP contribution in [0, 0.1) is 0 Å². The number of hydrogen-bond acceptors (Lipinski definition) is 5. The summed E-state index contributed by atoms with van der Waals surface area (Å²) in [5.41, 5.74) is 1.22. The predicted molar refractivity (Wildman–Crippen MR) is 109 cm³/mol. The summed E-state index contributed by atoms with van der Waals surface area (Å²) in [4.78, 5) is 6.09. The first-order chi connectivity index (χ1) is 13.7. The molecule has 146 valence electrons. The first-order valence-electron chi connectivity index (χ1n) is 9.55. The van der Waals surface area contributed by atoms with Crippen LogP contribution < -0.4 is 14.3 Å². The molecule has 3 aromatic rings. The topological polar surface area (TPSA) is 51.2 Å². The number of ether oxygens (including phenoxy) is 2. The maximum atomic E-state index is 10.1. The van der Waals surface area contributed by atoms with Crippen LogP contribution in [-0.2, 0) is 0 Å². The largest absolute Gasteiger partial charge is 0.508 e. The number of nitrogens with zero attached hydrogens (tertiary/aromatic N) is 1. The van der Waals surface area contributed by atoms with Crippen molar-refractivity contribution in [3.8, 4) is 23.0 Å². The average molecular weight is 379 g/mol. The number of para-hydroxylation sites is 1. The van der Waals surface area contributed by atoms with Crippen molar-refractivity contribution in [3.63, 3.8) is 0 Å². The van der Waals surface area contributed by atoms with Gasteiger partial charge in [0.25, 0.3) is 0 Å². The van der Waals surface area contributed by atoms with Gasteiger partial charge in [-0.05, 0) is 59.4 Å². The van der Waals surface area contributed by atoms with Crippen molar-refractivity contribution in [3.05, 3.63) is 60.2 Å². The van der Waals surface area contributed by atoms with E-state index >= 15 is 0 Å². The number of methoxy groups -OCH3 is 2. The monoisotopic (exact) mass is 379 g/mol. The van der Waals surface area contributed by atoms with Crippen LogP contribution in [0.4, 0.5) is 0 Å². The zero-order chi connectivity index (χ0) is 19.5. The van der Waals surface area contributed by atoms with Crippen LogP contribution in [-0.4, -0.2) is 37.5 Å². The SMILES string of the molecule is COc1cccc(ON2CCC(c3cc(O)cc4ccccc34)CC2)c1OC. The number of hydrogen-bond donors (Lipinski definition) is 1. The highest BCUT2D eigenvalue weighted by atomic mass is 16.7. The number of phenolic OH excluding ortho intramolecular Hbond substituents is 1. The van der Waals surface area contributed by atoms with Crippen LogP contribution >= 0.6 is 0 Å². The average Bonchev–Trinajstić information content (AvgIpc) is 2.73. The van der Waals surface area contributed by atoms with Crippen molar-refractivity contribution in [2.45, 2.75) is 18.8 Å². The molecule has 0 radical (unpaired) electrons. The van der Waals surface area contributed by atoms with Gasteiger partial charge in [-0.15, -0.1) is 5.06 Å². The molecule has 1 saturated heterocycles. The fourth-order valence-corrected chi connectivity index (χ4v) is 3.99. The predicted octanol–water partition coefficient (Wildman–Crippen LogP) is 4.74. The van der Waals surface area contributed by atoms with Crippen LogP contribution in [0.1, 0.15) is 24.3 Å². The number of piperidine rings is 1. The van der Waals surface area contributed by atoms with Gasteiger partial charge in [0.2, 0.25) is 5.75 Å². The van der Waals surface area contributed by atoms with Crippen LogP contribution in [0.25, 0.3) is 10.8 Å². The summed E-state index contributed by atoms with van der Waals surface area (Å²) in [5, 5.41) is 14.4. The summed E-state index contributed by atoms with van der Waals surface area (Å²) in [6.45, 7) is 1.60. The summed E-state index contributed by atoms with van der Waals surface area (Å²) in [5.74, 6) is 2.63. The van der Waals surface area contributed by atoms with E-state index < -0.39 is 0 Å². The van der Waals surface area contributed by atoms with Gasteiger partial charge in [0, 0.05) is 13.1 Å². The van der Waals surface area contributed by atoms with Gasteiger partial charge >= 0.3 is 0 Å². The van der Waals surface area contributed by atoms with Gasteiger partial charge < -0.3 is 19.4 Å². The molecule has 0 aliphatic carbocycles. The molecule has 1 heterocycles. The molecule has 0 spiro atoms. The molecule has 28 heavy (non-hydrogen) atoms. The van der Waals surface area contributed by atoms with Gasteiger partial charge in [0.15, 0.2) is 11.5 Å². The van der Waals surface area contributed by atoms with Gasteiger partial charge in [-0.25, -0.2) is 0 Å². The molecule has 0 aromatic heterocycles. The van der Waals surface area contributed by atoms with E-state index in [1.165, 1.54) is 10.9 Å². The maximum Gasteiger partial charge on any atom is 0.205 e. The molecular formula is C23H25NO4. The van der Waals surface area contributed by atoms with Gasteiger partial charge in [0.05, 0.1) is 14.2 Å². The number of hydroxylamine groups is 2. The number of phenols is 1. The van der Waals surface area contributed by atoms with Crippen molar-refractivity contribution in [1.82, 2.24) is 5.06 Å². The van der Waals surface area contributed by atoms with E-state index in [1.807, 2.05) is 47.5 Å². The normalized spacial score (nSPS) is 15.5. The van der Waals surface area contributed by atoms with Crippen molar-refractivity contribution in [2.75, 3.05) is 27.3 Å². The highest BCUT2D eigenvalue weighted by molar-refractivity contribution is 5.87. The van der Waals surface area contributed by atoms with Crippen molar-refractivity contribution in [2.24, 2.45) is 0 Å². The molecule has 1 aliphatic heterocycles. The lowest BCUT2D eigenvalue weighted by atomic mass is 9.86. The highest BCUT2D eigenvalue weighted by Gasteiger charge is 2.25. The zero-order valence-corrected chi connectivity index (χ0v) is 16.2. The minimum absolute atomic E-state index is 0.327. The molecule has 1 aliphatic rings.